The fraction of sp³-hybridized carbons (Fsp3) is 0.350. The van der Waals surface area contributed by atoms with Crippen molar-refractivity contribution in [3.05, 3.63) is 65.4 Å². The summed E-state index contributed by atoms with van der Waals surface area (Å²) in [6, 6.07) is 10.8. The maximum atomic E-state index is 13.5. The molecule has 2 heterocycles. The molecule has 0 amide bonds. The van der Waals surface area contributed by atoms with E-state index in [0.29, 0.717) is 6.54 Å². The van der Waals surface area contributed by atoms with Gasteiger partial charge >= 0.3 is 0 Å². The van der Waals surface area contributed by atoms with Crippen LogP contribution in [0.3, 0.4) is 0 Å². The summed E-state index contributed by atoms with van der Waals surface area (Å²) in [5, 5.41) is 15.0. The smallest absolute Gasteiger partial charge is 0.191 e. The number of aromatic nitrogens is 3. The largest absolute Gasteiger partial charge is 0.356 e. The fourth-order valence-corrected chi connectivity index (χ4v) is 3.55. The molecule has 0 atom stereocenters. The topological polar surface area (TPSA) is 66.6 Å². The number of nitrogens with zero attached hydrogens (tertiary/aromatic N) is 4. The van der Waals surface area contributed by atoms with Crippen LogP contribution in [0.1, 0.15) is 23.4 Å². The van der Waals surface area contributed by atoms with Crippen molar-refractivity contribution in [3.8, 4) is 0 Å². The molecular weight excluding hydrogens is 375 g/mol. The summed E-state index contributed by atoms with van der Waals surface area (Å²) < 4.78 is 15.5. The van der Waals surface area contributed by atoms with Gasteiger partial charge in [-0.25, -0.2) is 4.39 Å². The van der Waals surface area contributed by atoms with Crippen LogP contribution in [0.5, 0.6) is 0 Å². The third-order valence-electron chi connectivity index (χ3n) is 4.39. The summed E-state index contributed by atoms with van der Waals surface area (Å²) in [5.74, 6) is 2.27. The molecule has 2 aromatic heterocycles. The van der Waals surface area contributed by atoms with E-state index in [1.807, 2.05) is 41.1 Å². The quantitative estimate of drug-likeness (QED) is 0.346. The van der Waals surface area contributed by atoms with E-state index in [2.05, 4.69) is 25.8 Å². The van der Waals surface area contributed by atoms with Crippen molar-refractivity contribution < 1.29 is 4.39 Å². The molecule has 3 aromatic rings. The molecule has 0 fully saturated rings. The van der Waals surface area contributed by atoms with Crippen molar-refractivity contribution in [1.82, 2.24) is 25.2 Å². The van der Waals surface area contributed by atoms with Crippen molar-refractivity contribution in [1.29, 1.82) is 0 Å². The van der Waals surface area contributed by atoms with Crippen molar-refractivity contribution >= 4 is 23.4 Å². The van der Waals surface area contributed by atoms with E-state index >= 15 is 0 Å². The average molecular weight is 401 g/mol. The number of hydrogen-bond donors (Lipinski definition) is 2. The summed E-state index contributed by atoms with van der Waals surface area (Å²) in [6.45, 7) is 1.37. The molecule has 28 heavy (non-hydrogen) atoms. The molecule has 0 unspecified atom stereocenters. The molecular formula is C20H25FN6S. The summed E-state index contributed by atoms with van der Waals surface area (Å²) in [5.41, 5.74) is 2.95. The maximum Gasteiger partial charge on any atom is 0.191 e. The van der Waals surface area contributed by atoms with E-state index in [4.69, 9.17) is 0 Å². The molecule has 1 aromatic carbocycles. The standard InChI is InChI=1S/C20H25FN6S/c1-22-20(24-13-15-8-9-17(21)12-16(15)14-28-2)23-10-5-7-19-26-25-18-6-3-4-11-27(18)19/h3-4,6,8-9,11-12H,5,7,10,13-14H2,1-2H3,(H2,22,23,24). The first-order chi connectivity index (χ1) is 13.7. The normalized spacial score (nSPS) is 11.8. The zero-order chi connectivity index (χ0) is 19.8. The number of halogens is 1. The van der Waals surface area contributed by atoms with Gasteiger partial charge in [0.1, 0.15) is 11.6 Å². The van der Waals surface area contributed by atoms with Crippen LogP contribution in [0.4, 0.5) is 4.39 Å². The Balaban J connectivity index is 1.47. The molecule has 0 bridgehead atoms. The number of guanidine groups is 1. The van der Waals surface area contributed by atoms with Gasteiger partial charge in [0.2, 0.25) is 0 Å². The molecule has 148 valence electrons. The van der Waals surface area contributed by atoms with Crippen LogP contribution in [0.2, 0.25) is 0 Å². The first-order valence-electron chi connectivity index (χ1n) is 9.20. The number of rotatable bonds is 8. The number of aliphatic imine (C=N–C) groups is 1. The molecule has 0 saturated carbocycles. The highest BCUT2D eigenvalue weighted by Gasteiger charge is 2.07. The summed E-state index contributed by atoms with van der Waals surface area (Å²) in [4.78, 5) is 4.26. The van der Waals surface area contributed by atoms with E-state index in [-0.39, 0.29) is 5.82 Å². The van der Waals surface area contributed by atoms with E-state index in [1.165, 1.54) is 6.07 Å². The lowest BCUT2D eigenvalue weighted by atomic mass is 10.1. The molecule has 2 N–H and O–H groups in total. The Labute approximate surface area is 168 Å². The van der Waals surface area contributed by atoms with Crippen LogP contribution in [0.15, 0.2) is 47.6 Å². The lowest BCUT2D eigenvalue weighted by molar-refractivity contribution is 0.625. The van der Waals surface area contributed by atoms with Gasteiger partial charge in [0, 0.05) is 38.5 Å². The third-order valence-corrected chi connectivity index (χ3v) is 4.99. The molecule has 0 aliphatic rings. The number of thioether (sulfide) groups is 1. The molecule has 6 nitrogen and oxygen atoms in total. The Bertz CT molecular complexity index is 939. The van der Waals surface area contributed by atoms with Gasteiger partial charge in [-0.2, -0.15) is 11.8 Å². The Morgan fingerprint density at radius 2 is 2.07 bits per heavy atom. The van der Waals surface area contributed by atoms with E-state index < -0.39 is 0 Å². The van der Waals surface area contributed by atoms with Crippen molar-refractivity contribution in [2.45, 2.75) is 25.1 Å². The van der Waals surface area contributed by atoms with Crippen LogP contribution >= 0.6 is 11.8 Å². The second-order valence-electron chi connectivity index (χ2n) is 6.35. The number of fused-ring (bicyclic) bond motifs is 1. The maximum absolute atomic E-state index is 13.5. The molecule has 8 heteroatoms. The number of hydrogen-bond acceptors (Lipinski definition) is 4. The highest BCUT2D eigenvalue weighted by molar-refractivity contribution is 7.97. The number of benzene rings is 1. The van der Waals surface area contributed by atoms with Crippen molar-refractivity contribution in [3.63, 3.8) is 0 Å². The summed E-state index contributed by atoms with van der Waals surface area (Å²) in [7, 11) is 1.74. The lowest BCUT2D eigenvalue weighted by Crippen LogP contribution is -2.37. The van der Waals surface area contributed by atoms with Gasteiger partial charge in [-0.1, -0.05) is 12.1 Å². The molecule has 0 spiro atoms. The lowest BCUT2D eigenvalue weighted by Gasteiger charge is -2.14. The average Bonchev–Trinajstić information content (AvgIpc) is 3.12. The van der Waals surface area contributed by atoms with Crippen LogP contribution in [-0.4, -0.2) is 40.4 Å². The Hall–Kier alpha value is -2.61. The minimum absolute atomic E-state index is 0.198. The predicted octanol–water partition coefficient (Wildman–Crippen LogP) is 3.03. The van der Waals surface area contributed by atoms with E-state index in [0.717, 1.165) is 53.7 Å². The van der Waals surface area contributed by atoms with E-state index in [9.17, 15) is 4.39 Å². The molecule has 0 aliphatic heterocycles. The number of aryl methyl sites for hydroxylation is 1. The first-order valence-corrected chi connectivity index (χ1v) is 10.6. The zero-order valence-corrected chi connectivity index (χ0v) is 17.0. The number of pyridine rings is 1. The van der Waals surface area contributed by atoms with Crippen molar-refractivity contribution in [2.24, 2.45) is 4.99 Å². The minimum Gasteiger partial charge on any atom is -0.356 e. The fourth-order valence-electron chi connectivity index (χ4n) is 2.97. The van der Waals surface area contributed by atoms with Gasteiger partial charge in [0.15, 0.2) is 11.6 Å². The molecule has 0 aliphatic carbocycles. The SMILES string of the molecule is CN=C(NCCCc1nnc2ccccn12)NCc1ccc(F)cc1CSC. The second kappa shape index (κ2) is 10.1. The van der Waals surface area contributed by atoms with Gasteiger partial charge in [-0.05, 0) is 48.1 Å². The Morgan fingerprint density at radius 1 is 1.18 bits per heavy atom. The highest BCUT2D eigenvalue weighted by Crippen LogP contribution is 2.16. The van der Waals surface area contributed by atoms with Gasteiger partial charge in [0.05, 0.1) is 0 Å². The monoisotopic (exact) mass is 400 g/mol. The van der Waals surface area contributed by atoms with Gasteiger partial charge < -0.3 is 10.6 Å². The van der Waals surface area contributed by atoms with Crippen LogP contribution in [0.25, 0.3) is 5.65 Å². The van der Waals surface area contributed by atoms with Gasteiger partial charge in [-0.15, -0.1) is 10.2 Å². The Morgan fingerprint density at radius 3 is 2.89 bits per heavy atom. The third kappa shape index (κ3) is 5.22. The van der Waals surface area contributed by atoms with Crippen LogP contribution in [0, 0.1) is 5.82 Å². The molecule has 0 saturated heterocycles. The number of nitrogens with one attached hydrogen (secondary N) is 2. The minimum atomic E-state index is -0.198. The molecule has 3 rings (SSSR count). The van der Waals surface area contributed by atoms with Crippen molar-refractivity contribution in [2.75, 3.05) is 19.8 Å². The van der Waals surface area contributed by atoms with E-state index in [1.54, 1.807) is 24.9 Å². The van der Waals surface area contributed by atoms with Gasteiger partial charge in [-0.3, -0.25) is 9.39 Å². The Kier molecular flexibility index (Phi) is 7.25. The first kappa shape index (κ1) is 20.1. The highest BCUT2D eigenvalue weighted by atomic mass is 32.2. The predicted molar refractivity (Wildman–Crippen MR) is 113 cm³/mol. The second-order valence-corrected chi connectivity index (χ2v) is 7.21. The van der Waals surface area contributed by atoms with Crippen LogP contribution < -0.4 is 10.6 Å². The van der Waals surface area contributed by atoms with Gasteiger partial charge in [0.25, 0.3) is 0 Å². The molecule has 0 radical (unpaired) electrons. The summed E-state index contributed by atoms with van der Waals surface area (Å²) >= 11 is 1.68. The summed E-state index contributed by atoms with van der Waals surface area (Å²) in [6.07, 6.45) is 5.73. The van der Waals surface area contributed by atoms with Crippen LogP contribution in [-0.2, 0) is 18.7 Å². The zero-order valence-electron chi connectivity index (χ0n) is 16.2.